The van der Waals surface area contributed by atoms with E-state index in [1.807, 2.05) is 13.8 Å². The van der Waals surface area contributed by atoms with Gasteiger partial charge in [0.15, 0.2) is 0 Å². The lowest BCUT2D eigenvalue weighted by atomic mass is 9.74. The minimum atomic E-state index is -2.26. The van der Waals surface area contributed by atoms with Crippen molar-refractivity contribution in [1.29, 1.82) is 0 Å². The fourth-order valence-corrected chi connectivity index (χ4v) is 10.5. The van der Waals surface area contributed by atoms with E-state index in [0.29, 0.717) is 23.0 Å². The third kappa shape index (κ3) is 4.48. The summed E-state index contributed by atoms with van der Waals surface area (Å²) >= 11 is 0. The summed E-state index contributed by atoms with van der Waals surface area (Å²) in [5.74, 6) is -2.03. The third-order valence-corrected chi connectivity index (χ3v) is 12.5. The van der Waals surface area contributed by atoms with Crippen LogP contribution in [0.15, 0.2) is 11.1 Å². The molecular formula is C21H38O5Si. The van der Waals surface area contributed by atoms with Gasteiger partial charge < -0.3 is 13.9 Å². The molecule has 1 aliphatic carbocycles. The van der Waals surface area contributed by atoms with E-state index in [4.69, 9.17) is 13.9 Å². The lowest BCUT2D eigenvalue weighted by molar-refractivity contribution is -0.161. The van der Waals surface area contributed by atoms with E-state index in [2.05, 4.69) is 41.5 Å². The molecule has 0 aliphatic heterocycles. The van der Waals surface area contributed by atoms with Crippen LogP contribution >= 0.6 is 0 Å². The lowest BCUT2D eigenvalue weighted by Gasteiger charge is -2.48. The zero-order valence-electron chi connectivity index (χ0n) is 18.7. The molecular weight excluding hydrogens is 360 g/mol. The number of allylic oxidation sites excluding steroid dienone is 1. The average Bonchev–Trinajstić information content (AvgIpc) is 2.60. The molecule has 0 unspecified atom stereocenters. The second-order valence-electron chi connectivity index (χ2n) is 8.70. The van der Waals surface area contributed by atoms with E-state index in [1.54, 1.807) is 0 Å². The highest BCUT2D eigenvalue weighted by molar-refractivity contribution is 6.77. The number of hydrogen-bond acceptors (Lipinski definition) is 5. The van der Waals surface area contributed by atoms with E-state index in [9.17, 15) is 9.59 Å². The summed E-state index contributed by atoms with van der Waals surface area (Å²) in [6.07, 6.45) is 0.0479. The summed E-state index contributed by atoms with van der Waals surface area (Å²) in [5, 5.41) is 0. The quantitative estimate of drug-likeness (QED) is 0.348. The molecule has 0 heterocycles. The zero-order chi connectivity index (χ0) is 21.1. The molecule has 1 rings (SSSR count). The molecule has 0 saturated heterocycles. The lowest BCUT2D eigenvalue weighted by Crippen LogP contribution is -2.55. The highest BCUT2D eigenvalue weighted by atomic mass is 28.4. The zero-order valence-corrected chi connectivity index (χ0v) is 19.7. The smallest absolute Gasteiger partial charge is 0.312 e. The Bertz CT molecular complexity index is 557. The van der Waals surface area contributed by atoms with Gasteiger partial charge in [0.25, 0.3) is 0 Å². The van der Waals surface area contributed by atoms with Gasteiger partial charge in [0, 0.05) is 0 Å². The van der Waals surface area contributed by atoms with Crippen LogP contribution in [0.25, 0.3) is 0 Å². The maximum absolute atomic E-state index is 12.7. The second-order valence-corrected chi connectivity index (χ2v) is 14.1. The maximum atomic E-state index is 12.7. The first-order valence-electron chi connectivity index (χ1n) is 9.95. The first kappa shape index (κ1) is 23.9. The first-order valence-corrected chi connectivity index (χ1v) is 12.1. The SMILES string of the molecule is COC(=O)[C@@H]1[C@@H](C(=O)OC)CC(C)=C(C)[C@@H]1O[Si](C(C)C)(C(C)C)C(C)C. The molecule has 3 atom stereocenters. The predicted octanol–water partition coefficient (Wildman–Crippen LogP) is 4.87. The van der Waals surface area contributed by atoms with E-state index in [1.165, 1.54) is 14.2 Å². The molecule has 6 heteroatoms. The fourth-order valence-electron chi connectivity index (χ4n) is 4.94. The Hall–Kier alpha value is -1.14. The first-order chi connectivity index (χ1) is 12.4. The van der Waals surface area contributed by atoms with Gasteiger partial charge in [-0.25, -0.2) is 0 Å². The molecule has 1 aliphatic rings. The van der Waals surface area contributed by atoms with Crippen LogP contribution in [-0.2, 0) is 23.5 Å². The number of esters is 2. The van der Waals surface area contributed by atoms with Gasteiger partial charge in [-0.3, -0.25) is 9.59 Å². The molecule has 0 fully saturated rings. The Labute approximate surface area is 166 Å². The monoisotopic (exact) mass is 398 g/mol. The average molecular weight is 399 g/mol. The Morgan fingerprint density at radius 1 is 0.889 bits per heavy atom. The van der Waals surface area contributed by atoms with Gasteiger partial charge in [-0.2, -0.15) is 0 Å². The van der Waals surface area contributed by atoms with Crippen molar-refractivity contribution in [2.24, 2.45) is 11.8 Å². The minimum absolute atomic E-state index is 0.377. The van der Waals surface area contributed by atoms with Crippen molar-refractivity contribution in [3.63, 3.8) is 0 Å². The van der Waals surface area contributed by atoms with Crippen LogP contribution < -0.4 is 0 Å². The van der Waals surface area contributed by atoms with Crippen LogP contribution in [0.3, 0.4) is 0 Å². The minimum Gasteiger partial charge on any atom is -0.469 e. The molecule has 0 radical (unpaired) electrons. The van der Waals surface area contributed by atoms with Gasteiger partial charge in [-0.15, -0.1) is 0 Å². The molecule has 0 amide bonds. The third-order valence-electron chi connectivity index (χ3n) is 6.40. The topological polar surface area (TPSA) is 61.8 Å². The Morgan fingerprint density at radius 2 is 1.33 bits per heavy atom. The van der Waals surface area contributed by atoms with Crippen LogP contribution in [0, 0.1) is 11.8 Å². The number of carbonyl (C=O) groups excluding carboxylic acids is 2. The molecule has 0 saturated carbocycles. The van der Waals surface area contributed by atoms with E-state index in [0.717, 1.165) is 11.1 Å². The summed E-state index contributed by atoms with van der Waals surface area (Å²) in [7, 11) is 0.475. The van der Waals surface area contributed by atoms with Crippen molar-refractivity contribution in [1.82, 2.24) is 0 Å². The van der Waals surface area contributed by atoms with Crippen LogP contribution in [-0.4, -0.2) is 40.6 Å². The molecule has 0 aromatic rings. The fraction of sp³-hybridized carbons (Fsp3) is 0.810. The molecule has 27 heavy (non-hydrogen) atoms. The van der Waals surface area contributed by atoms with Crippen molar-refractivity contribution in [2.75, 3.05) is 14.2 Å². The standard InChI is InChI=1S/C21H38O5Si/c1-12(2)27(13(3)4,14(5)6)26-19-16(8)15(7)11-17(20(22)24-9)18(19)21(23)25-10/h12-14,17-19H,11H2,1-10H3/t17-,18+,19-/m0/s1. The number of hydrogen-bond donors (Lipinski definition) is 0. The van der Waals surface area contributed by atoms with Crippen LogP contribution in [0.4, 0.5) is 0 Å². The summed E-state index contributed by atoms with van der Waals surface area (Å²) in [5.41, 5.74) is 3.27. The van der Waals surface area contributed by atoms with Gasteiger partial charge in [0.05, 0.1) is 32.2 Å². The van der Waals surface area contributed by atoms with Gasteiger partial charge in [0.2, 0.25) is 8.32 Å². The van der Waals surface area contributed by atoms with Crippen molar-refractivity contribution in [2.45, 2.75) is 84.5 Å². The van der Waals surface area contributed by atoms with Gasteiger partial charge in [0.1, 0.15) is 0 Å². The number of rotatable bonds is 7. The summed E-state index contributed by atoms with van der Waals surface area (Å²) in [6, 6.07) is 0. The number of ether oxygens (including phenoxy) is 2. The molecule has 0 aromatic carbocycles. The molecule has 0 N–H and O–H groups in total. The van der Waals surface area contributed by atoms with Crippen molar-refractivity contribution >= 4 is 20.3 Å². The van der Waals surface area contributed by atoms with Crippen molar-refractivity contribution in [3.05, 3.63) is 11.1 Å². The number of carbonyl (C=O) groups is 2. The van der Waals surface area contributed by atoms with Crippen LogP contribution in [0.2, 0.25) is 16.6 Å². The Morgan fingerprint density at radius 3 is 1.70 bits per heavy atom. The van der Waals surface area contributed by atoms with E-state index in [-0.39, 0.29) is 5.97 Å². The summed E-state index contributed by atoms with van der Waals surface area (Å²) in [4.78, 5) is 25.2. The summed E-state index contributed by atoms with van der Waals surface area (Å²) < 4.78 is 17.1. The van der Waals surface area contributed by atoms with Gasteiger partial charge >= 0.3 is 11.9 Å². The highest BCUT2D eigenvalue weighted by Crippen LogP contribution is 2.47. The predicted molar refractivity (Wildman–Crippen MR) is 110 cm³/mol. The van der Waals surface area contributed by atoms with Crippen LogP contribution in [0.5, 0.6) is 0 Å². The summed E-state index contributed by atoms with van der Waals surface area (Å²) in [6.45, 7) is 17.3. The van der Waals surface area contributed by atoms with Crippen LogP contribution in [0.1, 0.15) is 61.8 Å². The normalized spacial score (nSPS) is 24.0. The van der Waals surface area contributed by atoms with Crippen molar-refractivity contribution < 1.29 is 23.5 Å². The van der Waals surface area contributed by atoms with E-state index >= 15 is 0 Å². The van der Waals surface area contributed by atoms with Gasteiger partial charge in [-0.05, 0) is 42.5 Å². The Kier molecular flexibility index (Phi) is 8.29. The highest BCUT2D eigenvalue weighted by Gasteiger charge is 2.52. The molecule has 0 aromatic heterocycles. The maximum Gasteiger partial charge on any atom is 0.312 e. The Balaban J connectivity index is 3.55. The molecule has 156 valence electrons. The molecule has 0 bridgehead atoms. The largest absolute Gasteiger partial charge is 0.469 e. The molecule has 0 spiro atoms. The number of methoxy groups -OCH3 is 2. The van der Waals surface area contributed by atoms with E-state index < -0.39 is 32.2 Å². The van der Waals surface area contributed by atoms with Gasteiger partial charge in [-0.1, -0.05) is 47.1 Å². The van der Waals surface area contributed by atoms with Crippen molar-refractivity contribution in [3.8, 4) is 0 Å². The second kappa shape index (κ2) is 9.37. The molecule has 5 nitrogen and oxygen atoms in total.